The van der Waals surface area contributed by atoms with Crippen molar-refractivity contribution in [3.63, 3.8) is 0 Å². The highest BCUT2D eigenvalue weighted by Gasteiger charge is 2.08. The standard InChI is InChI=1S/C16H15N3/c1-12-6-5-9-14(10-12)19-16(17)11-15(18-19)13-7-3-2-4-8-13/h2-11H,17H2,1H3. The number of aromatic nitrogens is 2. The summed E-state index contributed by atoms with van der Waals surface area (Å²) in [6, 6.07) is 20.1. The molecule has 0 unspecified atom stereocenters. The molecule has 0 radical (unpaired) electrons. The van der Waals surface area contributed by atoms with E-state index in [4.69, 9.17) is 5.73 Å². The zero-order chi connectivity index (χ0) is 13.2. The van der Waals surface area contributed by atoms with Crippen molar-refractivity contribution < 1.29 is 0 Å². The Morgan fingerprint density at radius 2 is 1.74 bits per heavy atom. The highest BCUT2D eigenvalue weighted by Crippen LogP contribution is 2.22. The van der Waals surface area contributed by atoms with Gasteiger partial charge in [0, 0.05) is 11.6 Å². The van der Waals surface area contributed by atoms with Crippen molar-refractivity contribution >= 4 is 5.82 Å². The van der Waals surface area contributed by atoms with Gasteiger partial charge in [0.2, 0.25) is 0 Å². The van der Waals surface area contributed by atoms with Crippen molar-refractivity contribution in [2.45, 2.75) is 6.92 Å². The lowest BCUT2D eigenvalue weighted by Crippen LogP contribution is -2.01. The average Bonchev–Trinajstić information content (AvgIpc) is 2.82. The Labute approximate surface area is 112 Å². The minimum atomic E-state index is 0.643. The molecule has 19 heavy (non-hydrogen) atoms. The van der Waals surface area contributed by atoms with Crippen LogP contribution >= 0.6 is 0 Å². The topological polar surface area (TPSA) is 43.8 Å². The first kappa shape index (κ1) is 11.5. The molecule has 3 heteroatoms. The van der Waals surface area contributed by atoms with Crippen LogP contribution in [0.15, 0.2) is 60.7 Å². The van der Waals surface area contributed by atoms with Crippen molar-refractivity contribution in [2.75, 3.05) is 5.73 Å². The van der Waals surface area contributed by atoms with Gasteiger partial charge in [0.05, 0.1) is 11.4 Å². The average molecular weight is 249 g/mol. The molecule has 0 saturated carbocycles. The van der Waals surface area contributed by atoms with Crippen LogP contribution < -0.4 is 5.73 Å². The molecule has 3 aromatic rings. The molecule has 0 atom stereocenters. The number of nitrogen functional groups attached to an aromatic ring is 1. The molecule has 2 aromatic carbocycles. The van der Waals surface area contributed by atoms with E-state index in [1.807, 2.05) is 48.5 Å². The number of aryl methyl sites for hydroxylation is 1. The fraction of sp³-hybridized carbons (Fsp3) is 0.0625. The maximum absolute atomic E-state index is 6.06. The molecule has 0 spiro atoms. The van der Waals surface area contributed by atoms with Crippen LogP contribution in [-0.4, -0.2) is 9.78 Å². The lowest BCUT2D eigenvalue weighted by atomic mass is 10.2. The second-order valence-electron chi connectivity index (χ2n) is 4.57. The van der Waals surface area contributed by atoms with Crippen LogP contribution in [0, 0.1) is 6.92 Å². The van der Waals surface area contributed by atoms with Gasteiger partial charge in [-0.25, -0.2) is 4.68 Å². The number of hydrogen-bond acceptors (Lipinski definition) is 2. The van der Waals surface area contributed by atoms with E-state index in [1.54, 1.807) is 4.68 Å². The molecule has 94 valence electrons. The number of nitrogens with two attached hydrogens (primary N) is 1. The molecule has 1 heterocycles. The zero-order valence-electron chi connectivity index (χ0n) is 10.7. The Hall–Kier alpha value is -2.55. The van der Waals surface area contributed by atoms with Gasteiger partial charge in [-0.15, -0.1) is 0 Å². The van der Waals surface area contributed by atoms with E-state index < -0.39 is 0 Å². The normalized spacial score (nSPS) is 10.6. The first-order chi connectivity index (χ1) is 9.24. The van der Waals surface area contributed by atoms with Crippen molar-refractivity contribution in [1.29, 1.82) is 0 Å². The Balaban J connectivity index is 2.08. The SMILES string of the molecule is Cc1cccc(-n2nc(-c3ccccc3)cc2N)c1. The second-order valence-corrected chi connectivity index (χ2v) is 4.57. The number of benzene rings is 2. The Morgan fingerprint density at radius 1 is 0.947 bits per heavy atom. The van der Waals surface area contributed by atoms with E-state index in [2.05, 4.69) is 24.2 Å². The van der Waals surface area contributed by atoms with Crippen LogP contribution in [0.4, 0.5) is 5.82 Å². The van der Waals surface area contributed by atoms with Gasteiger partial charge in [-0.05, 0) is 24.6 Å². The third kappa shape index (κ3) is 2.22. The fourth-order valence-electron chi connectivity index (χ4n) is 2.11. The molecule has 0 amide bonds. The molecule has 3 nitrogen and oxygen atoms in total. The summed E-state index contributed by atoms with van der Waals surface area (Å²) in [7, 11) is 0. The number of nitrogens with zero attached hydrogens (tertiary/aromatic N) is 2. The highest BCUT2D eigenvalue weighted by molar-refractivity contribution is 5.63. The molecule has 0 aliphatic carbocycles. The van der Waals surface area contributed by atoms with E-state index in [0.29, 0.717) is 5.82 Å². The number of anilines is 1. The molecule has 0 saturated heterocycles. The maximum Gasteiger partial charge on any atom is 0.127 e. The summed E-state index contributed by atoms with van der Waals surface area (Å²) in [6.45, 7) is 2.06. The molecular formula is C16H15N3. The van der Waals surface area contributed by atoms with Crippen molar-refractivity contribution in [3.8, 4) is 16.9 Å². The molecule has 0 aliphatic heterocycles. The summed E-state index contributed by atoms with van der Waals surface area (Å²) in [5.41, 5.74) is 10.2. The molecule has 0 bridgehead atoms. The van der Waals surface area contributed by atoms with Crippen molar-refractivity contribution in [2.24, 2.45) is 0 Å². The van der Waals surface area contributed by atoms with Gasteiger partial charge in [0.25, 0.3) is 0 Å². The minimum Gasteiger partial charge on any atom is -0.384 e. The quantitative estimate of drug-likeness (QED) is 0.756. The molecule has 2 N–H and O–H groups in total. The van der Waals surface area contributed by atoms with Gasteiger partial charge in [0.1, 0.15) is 5.82 Å². The van der Waals surface area contributed by atoms with Crippen molar-refractivity contribution in [1.82, 2.24) is 9.78 Å². The first-order valence-corrected chi connectivity index (χ1v) is 6.22. The number of rotatable bonds is 2. The fourth-order valence-corrected chi connectivity index (χ4v) is 2.11. The Kier molecular flexibility index (Phi) is 2.80. The molecule has 1 aromatic heterocycles. The summed E-state index contributed by atoms with van der Waals surface area (Å²) >= 11 is 0. The smallest absolute Gasteiger partial charge is 0.127 e. The van der Waals surface area contributed by atoms with Crippen LogP contribution in [0.1, 0.15) is 5.56 Å². The minimum absolute atomic E-state index is 0.643. The molecule has 0 aliphatic rings. The van der Waals surface area contributed by atoms with E-state index in [0.717, 1.165) is 16.9 Å². The van der Waals surface area contributed by atoms with Crippen LogP contribution in [0.3, 0.4) is 0 Å². The van der Waals surface area contributed by atoms with Gasteiger partial charge < -0.3 is 5.73 Å². The van der Waals surface area contributed by atoms with E-state index in [9.17, 15) is 0 Å². The largest absolute Gasteiger partial charge is 0.384 e. The summed E-state index contributed by atoms with van der Waals surface area (Å²) in [4.78, 5) is 0. The lowest BCUT2D eigenvalue weighted by Gasteiger charge is -2.04. The monoisotopic (exact) mass is 249 g/mol. The third-order valence-electron chi connectivity index (χ3n) is 3.05. The van der Waals surface area contributed by atoms with Gasteiger partial charge >= 0.3 is 0 Å². The number of hydrogen-bond donors (Lipinski definition) is 1. The zero-order valence-corrected chi connectivity index (χ0v) is 10.7. The van der Waals surface area contributed by atoms with Gasteiger partial charge in [-0.2, -0.15) is 5.10 Å². The predicted octanol–water partition coefficient (Wildman–Crippen LogP) is 3.43. The van der Waals surface area contributed by atoms with E-state index in [1.165, 1.54) is 5.56 Å². The van der Waals surface area contributed by atoms with E-state index >= 15 is 0 Å². The first-order valence-electron chi connectivity index (χ1n) is 6.22. The summed E-state index contributed by atoms with van der Waals surface area (Å²) in [5.74, 6) is 0.643. The van der Waals surface area contributed by atoms with Gasteiger partial charge in [-0.1, -0.05) is 42.5 Å². The van der Waals surface area contributed by atoms with Crippen LogP contribution in [-0.2, 0) is 0 Å². The van der Waals surface area contributed by atoms with E-state index in [-0.39, 0.29) is 0 Å². The van der Waals surface area contributed by atoms with Crippen LogP contribution in [0.5, 0.6) is 0 Å². The predicted molar refractivity (Wildman–Crippen MR) is 78.1 cm³/mol. The summed E-state index contributed by atoms with van der Waals surface area (Å²) in [5, 5.41) is 4.58. The van der Waals surface area contributed by atoms with Crippen LogP contribution in [0.2, 0.25) is 0 Å². The lowest BCUT2D eigenvalue weighted by molar-refractivity contribution is 0.894. The molecular weight excluding hydrogens is 234 g/mol. The van der Waals surface area contributed by atoms with Crippen LogP contribution in [0.25, 0.3) is 16.9 Å². The highest BCUT2D eigenvalue weighted by atomic mass is 15.3. The van der Waals surface area contributed by atoms with Gasteiger partial charge in [-0.3, -0.25) is 0 Å². The molecule has 0 fully saturated rings. The summed E-state index contributed by atoms with van der Waals surface area (Å²) < 4.78 is 1.77. The Morgan fingerprint density at radius 3 is 2.47 bits per heavy atom. The summed E-state index contributed by atoms with van der Waals surface area (Å²) in [6.07, 6.45) is 0. The Bertz CT molecular complexity index is 699. The molecule has 3 rings (SSSR count). The maximum atomic E-state index is 6.06. The van der Waals surface area contributed by atoms with Crippen molar-refractivity contribution in [3.05, 3.63) is 66.2 Å². The van der Waals surface area contributed by atoms with Gasteiger partial charge in [0.15, 0.2) is 0 Å². The third-order valence-corrected chi connectivity index (χ3v) is 3.05. The second kappa shape index (κ2) is 4.61.